The van der Waals surface area contributed by atoms with E-state index in [1.54, 1.807) is 6.07 Å². The molecule has 0 bridgehead atoms. The van der Waals surface area contributed by atoms with E-state index in [1.165, 1.54) is 93.5 Å². The molecule has 2 heterocycles. The molecule has 4 N–H and O–H groups in total. The van der Waals surface area contributed by atoms with Crippen molar-refractivity contribution in [2.24, 2.45) is 0 Å². The number of unbranched alkanes of at least 4 members (excludes halogenated alkanes) is 9. The molecule has 0 saturated heterocycles. The van der Waals surface area contributed by atoms with Crippen LogP contribution >= 0.6 is 11.6 Å². The van der Waals surface area contributed by atoms with Gasteiger partial charge in [-0.1, -0.05) is 63.0 Å². The van der Waals surface area contributed by atoms with Crippen LogP contribution in [0.3, 0.4) is 0 Å². The van der Waals surface area contributed by atoms with Crippen molar-refractivity contribution in [3.8, 4) is 5.75 Å². The minimum Gasteiger partial charge on any atom is -0.410 e. The van der Waals surface area contributed by atoms with Gasteiger partial charge in [-0.3, -0.25) is 9.78 Å². The van der Waals surface area contributed by atoms with Gasteiger partial charge in [0.2, 0.25) is 5.91 Å². The number of fused-ring (bicyclic) bond motifs is 3. The molecule has 0 radical (unpaired) electrons. The van der Waals surface area contributed by atoms with Gasteiger partial charge in [-0.05, 0) is 92.5 Å². The standard InChI is InChI=1S/C38H50ClN5O3/c1-27(45)40-23-20-28-26-43-34-19-17-30(25-33(28)34)47-38(46)42-22-13-9-7-5-3-2-4-6-8-12-21-41-37-31-14-10-11-15-35(31)44-36-24-29(39)16-18-32(36)37/h16-19,24-26,43H,2-15,20-23H2,1H3,(H,40,45)(H,41,44)(H,42,46). The number of H-pyrrole nitrogens is 1. The summed E-state index contributed by atoms with van der Waals surface area (Å²) in [6.07, 6.45) is 19.0. The lowest BCUT2D eigenvalue weighted by atomic mass is 9.92. The summed E-state index contributed by atoms with van der Waals surface area (Å²) < 4.78 is 5.52. The molecule has 1 aliphatic rings. The minimum atomic E-state index is -0.423. The first-order valence-corrected chi connectivity index (χ1v) is 18.0. The Balaban J connectivity index is 0.881. The number of pyridine rings is 1. The molecule has 1 aliphatic carbocycles. The van der Waals surface area contributed by atoms with Crippen LogP contribution in [0.25, 0.3) is 21.8 Å². The molecule has 2 aromatic carbocycles. The summed E-state index contributed by atoms with van der Waals surface area (Å²) in [6.45, 7) is 3.69. The second kappa shape index (κ2) is 17.9. The van der Waals surface area contributed by atoms with Crippen molar-refractivity contribution in [1.29, 1.82) is 0 Å². The van der Waals surface area contributed by atoms with Gasteiger partial charge in [0.25, 0.3) is 0 Å². The zero-order valence-corrected chi connectivity index (χ0v) is 28.6. The van der Waals surface area contributed by atoms with Crippen LogP contribution in [0.4, 0.5) is 10.5 Å². The van der Waals surface area contributed by atoms with E-state index in [1.807, 2.05) is 30.5 Å². The van der Waals surface area contributed by atoms with Crippen LogP contribution in [-0.2, 0) is 24.1 Å². The van der Waals surface area contributed by atoms with Gasteiger partial charge in [-0.15, -0.1) is 0 Å². The highest BCUT2D eigenvalue weighted by Gasteiger charge is 2.18. The second-order valence-electron chi connectivity index (χ2n) is 12.8. The van der Waals surface area contributed by atoms with Crippen LogP contribution < -0.4 is 20.7 Å². The molecule has 9 heteroatoms. The Morgan fingerprint density at radius 1 is 0.830 bits per heavy atom. The van der Waals surface area contributed by atoms with Gasteiger partial charge in [0.1, 0.15) is 5.75 Å². The van der Waals surface area contributed by atoms with E-state index in [9.17, 15) is 9.59 Å². The highest BCUT2D eigenvalue weighted by Crippen LogP contribution is 2.34. The maximum absolute atomic E-state index is 12.3. The summed E-state index contributed by atoms with van der Waals surface area (Å²) >= 11 is 6.26. The molecule has 0 unspecified atom stereocenters. The Bertz CT molecular complexity index is 1630. The molecule has 0 saturated carbocycles. The van der Waals surface area contributed by atoms with E-state index in [2.05, 4.69) is 27.0 Å². The Morgan fingerprint density at radius 3 is 2.32 bits per heavy atom. The van der Waals surface area contributed by atoms with E-state index in [4.69, 9.17) is 21.3 Å². The highest BCUT2D eigenvalue weighted by atomic mass is 35.5. The fourth-order valence-electron chi connectivity index (χ4n) is 6.61. The topological polar surface area (TPSA) is 108 Å². The lowest BCUT2D eigenvalue weighted by Gasteiger charge is -2.22. The number of carbonyl (C=O) groups is 2. The van der Waals surface area contributed by atoms with Gasteiger partial charge in [0.15, 0.2) is 0 Å². The van der Waals surface area contributed by atoms with Crippen molar-refractivity contribution in [2.45, 2.75) is 103 Å². The van der Waals surface area contributed by atoms with Gasteiger partial charge in [-0.2, -0.15) is 0 Å². The summed E-state index contributed by atoms with van der Waals surface area (Å²) in [4.78, 5) is 31.6. The number of benzene rings is 2. The number of amides is 2. The number of anilines is 1. The van der Waals surface area contributed by atoms with E-state index < -0.39 is 6.09 Å². The molecule has 47 heavy (non-hydrogen) atoms. The number of aromatic amines is 1. The quantitative estimate of drug-likeness (QED) is 0.0797. The van der Waals surface area contributed by atoms with E-state index in [0.717, 1.165) is 59.2 Å². The summed E-state index contributed by atoms with van der Waals surface area (Å²) in [7, 11) is 0. The van der Waals surface area contributed by atoms with Crippen LogP contribution in [0.15, 0.2) is 42.6 Å². The first kappa shape index (κ1) is 34.6. The van der Waals surface area contributed by atoms with E-state index in [-0.39, 0.29) is 5.91 Å². The Kier molecular flexibility index (Phi) is 13.2. The van der Waals surface area contributed by atoms with Crippen molar-refractivity contribution in [3.63, 3.8) is 0 Å². The third-order valence-corrected chi connectivity index (χ3v) is 9.35. The molecular formula is C38H50ClN5O3. The van der Waals surface area contributed by atoms with Crippen LogP contribution in [0.5, 0.6) is 5.75 Å². The molecule has 8 nitrogen and oxygen atoms in total. The molecular weight excluding hydrogens is 610 g/mol. The normalized spacial score (nSPS) is 12.6. The predicted molar refractivity (Wildman–Crippen MR) is 193 cm³/mol. The van der Waals surface area contributed by atoms with Crippen LogP contribution in [-0.4, -0.2) is 41.6 Å². The lowest BCUT2D eigenvalue weighted by molar-refractivity contribution is -0.118. The summed E-state index contributed by atoms with van der Waals surface area (Å²) in [5.74, 6) is 0.468. The van der Waals surface area contributed by atoms with Crippen molar-refractivity contribution in [1.82, 2.24) is 20.6 Å². The fourth-order valence-corrected chi connectivity index (χ4v) is 6.78. The van der Waals surface area contributed by atoms with Crippen molar-refractivity contribution >= 4 is 51.1 Å². The summed E-state index contributed by atoms with van der Waals surface area (Å²) in [5.41, 5.74) is 7.01. The number of rotatable bonds is 18. The number of nitrogens with zero attached hydrogens (tertiary/aromatic N) is 1. The highest BCUT2D eigenvalue weighted by molar-refractivity contribution is 6.31. The Labute approximate surface area is 283 Å². The van der Waals surface area contributed by atoms with Gasteiger partial charge in [0.05, 0.1) is 5.52 Å². The number of nitrogens with one attached hydrogen (secondary N) is 4. The zero-order valence-electron chi connectivity index (χ0n) is 27.8. The molecule has 0 aliphatic heterocycles. The molecule has 0 spiro atoms. The maximum atomic E-state index is 12.3. The van der Waals surface area contributed by atoms with Gasteiger partial charge in [-0.25, -0.2) is 4.79 Å². The van der Waals surface area contributed by atoms with Crippen LogP contribution in [0, 0.1) is 0 Å². The van der Waals surface area contributed by atoms with Crippen LogP contribution in [0.2, 0.25) is 5.02 Å². The summed E-state index contributed by atoms with van der Waals surface area (Å²) in [5, 5.41) is 12.4. The van der Waals surface area contributed by atoms with Gasteiger partial charge >= 0.3 is 6.09 Å². The van der Waals surface area contributed by atoms with Crippen molar-refractivity contribution < 1.29 is 14.3 Å². The maximum Gasteiger partial charge on any atom is 0.412 e. The van der Waals surface area contributed by atoms with Gasteiger partial charge < -0.3 is 25.7 Å². The molecule has 0 fully saturated rings. The number of hydrogen-bond donors (Lipinski definition) is 4. The molecule has 2 aromatic heterocycles. The third-order valence-electron chi connectivity index (χ3n) is 9.12. The lowest BCUT2D eigenvalue weighted by Crippen LogP contribution is -2.27. The number of aryl methyl sites for hydroxylation is 1. The predicted octanol–water partition coefficient (Wildman–Crippen LogP) is 9.03. The molecule has 0 atom stereocenters. The Hall–Kier alpha value is -3.78. The smallest absolute Gasteiger partial charge is 0.410 e. The van der Waals surface area contributed by atoms with Crippen molar-refractivity contribution in [3.05, 3.63) is 64.4 Å². The number of halogens is 1. The van der Waals surface area contributed by atoms with E-state index >= 15 is 0 Å². The van der Waals surface area contributed by atoms with Crippen LogP contribution in [0.1, 0.15) is 101 Å². The Morgan fingerprint density at radius 2 is 1.55 bits per heavy atom. The average molecular weight is 660 g/mol. The molecule has 5 rings (SSSR count). The largest absolute Gasteiger partial charge is 0.412 e. The molecule has 4 aromatic rings. The minimum absolute atomic E-state index is 0.0443. The number of hydrogen-bond acceptors (Lipinski definition) is 5. The number of ether oxygens (including phenoxy) is 1. The zero-order chi connectivity index (χ0) is 32.8. The molecule has 2 amide bonds. The fraction of sp³-hybridized carbons (Fsp3) is 0.500. The van der Waals surface area contributed by atoms with Crippen molar-refractivity contribution in [2.75, 3.05) is 25.0 Å². The average Bonchev–Trinajstić information content (AvgIpc) is 3.46. The third kappa shape index (κ3) is 10.4. The second-order valence-corrected chi connectivity index (χ2v) is 13.2. The van der Waals surface area contributed by atoms with E-state index in [0.29, 0.717) is 25.3 Å². The monoisotopic (exact) mass is 659 g/mol. The first-order valence-electron chi connectivity index (χ1n) is 17.6. The molecule has 252 valence electrons. The SMILES string of the molecule is CC(=O)NCCc1c[nH]c2ccc(OC(=O)NCCCCCCCCCCCCNc3c4c(nc5cc(Cl)ccc35)CCCC4)cc12. The number of carbonyl (C=O) groups excluding carboxylic acids is 2. The van der Waals surface area contributed by atoms with Gasteiger partial charge in [0, 0.05) is 65.4 Å². The number of aromatic nitrogens is 2. The summed E-state index contributed by atoms with van der Waals surface area (Å²) in [6, 6.07) is 11.7. The first-order chi connectivity index (χ1) is 23.0.